The lowest BCUT2D eigenvalue weighted by molar-refractivity contribution is -0.121. The summed E-state index contributed by atoms with van der Waals surface area (Å²) in [4.78, 5) is 45.7. The molecule has 1 fully saturated rings. The van der Waals surface area contributed by atoms with Crippen LogP contribution in [0.15, 0.2) is 108 Å². The van der Waals surface area contributed by atoms with E-state index in [1.54, 1.807) is 30.3 Å². The lowest BCUT2D eigenvalue weighted by Gasteiger charge is -2.37. The third kappa shape index (κ3) is 3.49. The Bertz CT molecular complexity index is 1740. The molecule has 0 saturated carbocycles. The van der Waals surface area contributed by atoms with Gasteiger partial charge in [0.2, 0.25) is 5.91 Å². The zero-order valence-corrected chi connectivity index (χ0v) is 23.4. The number of carbonyl (C=O) groups excluding carboxylic acids is 3. The minimum atomic E-state index is -1.48. The van der Waals surface area contributed by atoms with Crippen molar-refractivity contribution < 1.29 is 14.4 Å². The molecule has 3 aliphatic rings. The highest BCUT2D eigenvalue weighted by Crippen LogP contribution is 2.58. The van der Waals surface area contributed by atoms with E-state index in [2.05, 4.69) is 21.2 Å². The number of amides is 1. The molecule has 3 aliphatic heterocycles. The van der Waals surface area contributed by atoms with E-state index in [1.807, 2.05) is 83.8 Å². The largest absolute Gasteiger partial charge is 0.352 e. The van der Waals surface area contributed by atoms with Crippen molar-refractivity contribution in [3.8, 4) is 0 Å². The maximum absolute atomic E-state index is 14.7. The molecule has 0 aliphatic carbocycles. The fourth-order valence-electron chi connectivity index (χ4n) is 6.72. The molecule has 1 amide bonds. The summed E-state index contributed by atoms with van der Waals surface area (Å²) >= 11 is 9.81. The molecule has 196 valence electrons. The lowest BCUT2D eigenvalue weighted by Crippen LogP contribution is -2.55. The highest BCUT2D eigenvalue weighted by atomic mass is 79.9. The zero-order valence-electron chi connectivity index (χ0n) is 21.1. The Hall–Kier alpha value is -4.00. The number of benzene rings is 4. The van der Waals surface area contributed by atoms with E-state index in [0.717, 1.165) is 15.7 Å². The highest BCUT2D eigenvalue weighted by molar-refractivity contribution is 9.10. The predicted octanol–water partition coefficient (Wildman–Crippen LogP) is 6.96. The fraction of sp³-hybridized carbons (Fsp3) is 0.121. The number of hydrogen-bond acceptors (Lipinski definition) is 4. The van der Waals surface area contributed by atoms with Crippen LogP contribution in [0.3, 0.4) is 0 Å². The van der Waals surface area contributed by atoms with E-state index >= 15 is 0 Å². The molecule has 1 saturated heterocycles. The van der Waals surface area contributed by atoms with Crippen LogP contribution in [0.25, 0.3) is 6.08 Å². The minimum absolute atomic E-state index is 0.185. The Balaban J connectivity index is 1.55. The molecule has 0 bridgehead atoms. The van der Waals surface area contributed by atoms with Gasteiger partial charge in [0, 0.05) is 32.0 Å². The molecule has 1 N–H and O–H groups in total. The van der Waals surface area contributed by atoms with E-state index in [4.69, 9.17) is 11.6 Å². The van der Waals surface area contributed by atoms with Crippen LogP contribution in [0.5, 0.6) is 0 Å². The molecule has 0 radical (unpaired) electrons. The molecule has 1 spiro atoms. The molecular weight excluding hydrogens is 588 g/mol. The molecule has 40 heavy (non-hydrogen) atoms. The summed E-state index contributed by atoms with van der Waals surface area (Å²) in [6.07, 6.45) is 3.88. The first-order valence-electron chi connectivity index (χ1n) is 13.0. The van der Waals surface area contributed by atoms with Gasteiger partial charge in [0.05, 0.1) is 12.0 Å². The number of para-hydroxylation sites is 1. The van der Waals surface area contributed by atoms with Gasteiger partial charge in [-0.25, -0.2) is 0 Å². The Labute approximate surface area is 244 Å². The van der Waals surface area contributed by atoms with Crippen molar-refractivity contribution in [2.45, 2.75) is 17.5 Å². The van der Waals surface area contributed by atoms with Gasteiger partial charge in [-0.05, 0) is 47.5 Å². The number of anilines is 2. The lowest BCUT2D eigenvalue weighted by atomic mass is 9.63. The highest BCUT2D eigenvalue weighted by Gasteiger charge is 2.70. The maximum atomic E-state index is 14.7. The molecular formula is C33H22BrClN2O3. The summed E-state index contributed by atoms with van der Waals surface area (Å²) in [6, 6.07) is 27.5. The van der Waals surface area contributed by atoms with Crippen molar-refractivity contribution in [3.05, 3.63) is 135 Å². The summed E-state index contributed by atoms with van der Waals surface area (Å²) in [5.74, 6) is -1.64. The van der Waals surface area contributed by atoms with Crippen molar-refractivity contribution >= 4 is 62.5 Å². The van der Waals surface area contributed by atoms with E-state index in [0.29, 0.717) is 27.4 Å². The number of halogens is 2. The number of carbonyl (C=O) groups is 3. The number of Topliss-reactive ketones (excluding diaryl/α,β-unsaturated/α-hetero) is 2. The number of nitrogens with zero attached hydrogens (tertiary/aromatic N) is 1. The first-order chi connectivity index (χ1) is 19.4. The first kappa shape index (κ1) is 25.0. The smallest absolute Gasteiger partial charge is 0.238 e. The fourth-order valence-corrected chi connectivity index (χ4v) is 7.17. The molecule has 3 heterocycles. The normalized spacial score (nSPS) is 23.9. The second-order valence-corrected chi connectivity index (χ2v) is 11.7. The number of hydrogen-bond donors (Lipinski definition) is 1. The van der Waals surface area contributed by atoms with Gasteiger partial charge in [0.25, 0.3) is 0 Å². The van der Waals surface area contributed by atoms with Gasteiger partial charge >= 0.3 is 0 Å². The van der Waals surface area contributed by atoms with Crippen LogP contribution in [-0.4, -0.2) is 29.6 Å². The summed E-state index contributed by atoms with van der Waals surface area (Å²) < 4.78 is 0.838. The number of ketones is 2. The van der Waals surface area contributed by atoms with Crippen molar-refractivity contribution in [3.63, 3.8) is 0 Å². The monoisotopic (exact) mass is 608 g/mol. The van der Waals surface area contributed by atoms with Crippen LogP contribution in [0, 0.1) is 5.92 Å². The van der Waals surface area contributed by atoms with Crippen LogP contribution in [0.1, 0.15) is 31.8 Å². The van der Waals surface area contributed by atoms with Crippen molar-refractivity contribution in [1.29, 1.82) is 0 Å². The first-order valence-corrected chi connectivity index (χ1v) is 14.1. The Kier molecular flexibility index (Phi) is 5.81. The van der Waals surface area contributed by atoms with Gasteiger partial charge < -0.3 is 10.2 Å². The van der Waals surface area contributed by atoms with Gasteiger partial charge in [-0.15, -0.1) is 0 Å². The third-order valence-electron chi connectivity index (χ3n) is 8.32. The van der Waals surface area contributed by atoms with Crippen molar-refractivity contribution in [1.82, 2.24) is 0 Å². The second-order valence-electron chi connectivity index (χ2n) is 10.3. The average molecular weight is 610 g/mol. The molecule has 7 heteroatoms. The Morgan fingerprint density at radius 2 is 1.55 bits per heavy atom. The molecule has 7 rings (SSSR count). The van der Waals surface area contributed by atoms with Gasteiger partial charge in [0.1, 0.15) is 11.5 Å². The average Bonchev–Trinajstić information content (AvgIpc) is 3.45. The van der Waals surface area contributed by atoms with Gasteiger partial charge in [-0.3, -0.25) is 14.4 Å². The summed E-state index contributed by atoms with van der Waals surface area (Å²) in [6.45, 7) is 0. The minimum Gasteiger partial charge on any atom is -0.352 e. The van der Waals surface area contributed by atoms with Gasteiger partial charge in [-0.2, -0.15) is 0 Å². The van der Waals surface area contributed by atoms with Gasteiger partial charge in [0.15, 0.2) is 11.6 Å². The van der Waals surface area contributed by atoms with Crippen LogP contribution in [0.2, 0.25) is 5.02 Å². The molecule has 4 aromatic carbocycles. The molecule has 0 aromatic heterocycles. The topological polar surface area (TPSA) is 66.5 Å². The maximum Gasteiger partial charge on any atom is 0.238 e. The van der Waals surface area contributed by atoms with Crippen LogP contribution in [-0.2, 0) is 10.2 Å². The molecule has 4 aromatic rings. The van der Waals surface area contributed by atoms with E-state index in [1.165, 1.54) is 0 Å². The predicted molar refractivity (Wildman–Crippen MR) is 160 cm³/mol. The van der Waals surface area contributed by atoms with E-state index < -0.39 is 23.4 Å². The summed E-state index contributed by atoms with van der Waals surface area (Å²) in [5.41, 5.74) is 2.33. The standard InChI is InChI=1S/C33H22BrClN2O3/c34-22-13-10-20(11-14-22)30(39)31-33(24-8-4-5-9-25(24)36-32(33)40)28(29(38)19-6-2-1-3-7-19)27-16-12-21-18-23(35)15-17-26(21)37(27)31/h1-18,27-28,31H,(H,36,40)/t27?,28-,31+,33+/m0/s1. The summed E-state index contributed by atoms with van der Waals surface area (Å²) in [7, 11) is 0. The van der Waals surface area contributed by atoms with Crippen molar-refractivity contribution in [2.75, 3.05) is 10.2 Å². The number of rotatable bonds is 4. The molecule has 5 nitrogen and oxygen atoms in total. The molecule has 1 unspecified atom stereocenters. The Morgan fingerprint density at radius 3 is 2.33 bits per heavy atom. The van der Waals surface area contributed by atoms with Crippen LogP contribution >= 0.6 is 27.5 Å². The van der Waals surface area contributed by atoms with Crippen LogP contribution in [0.4, 0.5) is 11.4 Å². The quantitative estimate of drug-likeness (QED) is 0.254. The van der Waals surface area contributed by atoms with Gasteiger partial charge in [-0.1, -0.05) is 100 Å². The van der Waals surface area contributed by atoms with Crippen molar-refractivity contribution in [2.24, 2.45) is 5.92 Å². The number of nitrogens with one attached hydrogen (secondary N) is 1. The van der Waals surface area contributed by atoms with E-state index in [-0.39, 0.29) is 17.5 Å². The number of fused-ring (bicyclic) bond motifs is 5. The Morgan fingerprint density at radius 1 is 0.850 bits per heavy atom. The second kappa shape index (κ2) is 9.29. The molecule has 4 atom stereocenters. The third-order valence-corrected chi connectivity index (χ3v) is 9.08. The zero-order chi connectivity index (χ0) is 27.6. The SMILES string of the molecule is O=C(c1ccccc1)[C@@H]1C2C=Cc3cc(Cl)ccc3N2[C@H](C(=O)c2ccc(Br)cc2)[C@]12C(=O)Nc1ccccc12. The van der Waals surface area contributed by atoms with E-state index in [9.17, 15) is 14.4 Å². The van der Waals surface area contributed by atoms with Crippen LogP contribution < -0.4 is 10.2 Å². The summed E-state index contributed by atoms with van der Waals surface area (Å²) in [5, 5.41) is 3.59.